The van der Waals surface area contributed by atoms with Crippen LogP contribution in [0.5, 0.6) is 0 Å². The summed E-state index contributed by atoms with van der Waals surface area (Å²) in [6.45, 7) is 7.51. The van der Waals surface area contributed by atoms with Crippen molar-refractivity contribution in [2.45, 2.75) is 58.0 Å². The first-order chi connectivity index (χ1) is 8.17. The number of carbonyl (C=O) groups is 1. The van der Waals surface area contributed by atoms with Crippen molar-refractivity contribution in [1.29, 1.82) is 0 Å². The summed E-state index contributed by atoms with van der Waals surface area (Å²) in [6.07, 6.45) is 5.67. The van der Waals surface area contributed by atoms with Crippen LogP contribution in [0.3, 0.4) is 0 Å². The number of nitrogens with two attached hydrogens (primary N) is 1. The molecule has 0 aliphatic heterocycles. The first-order valence-corrected chi connectivity index (χ1v) is 6.95. The Labute approximate surface area is 105 Å². The first kappa shape index (κ1) is 14.5. The minimum absolute atomic E-state index is 0.141. The van der Waals surface area contributed by atoms with E-state index in [9.17, 15) is 4.79 Å². The quantitative estimate of drug-likeness (QED) is 0.602. The second-order valence-corrected chi connectivity index (χ2v) is 4.97. The van der Waals surface area contributed by atoms with Crippen LogP contribution in [0.25, 0.3) is 0 Å². The van der Waals surface area contributed by atoms with Crippen LogP contribution in [0.4, 0.5) is 0 Å². The Kier molecular flexibility index (Phi) is 6.52. The summed E-state index contributed by atoms with van der Waals surface area (Å²) in [6, 6.07) is 0.399. The van der Waals surface area contributed by atoms with E-state index in [-0.39, 0.29) is 11.9 Å². The summed E-state index contributed by atoms with van der Waals surface area (Å²) in [4.78, 5) is 13.7. The normalized spacial score (nSPS) is 17.4. The third-order valence-electron chi connectivity index (χ3n) is 3.37. The minimum Gasteiger partial charge on any atom is -0.368 e. The van der Waals surface area contributed by atoms with Gasteiger partial charge < -0.3 is 16.0 Å². The van der Waals surface area contributed by atoms with Crippen LogP contribution in [0.2, 0.25) is 0 Å². The van der Waals surface area contributed by atoms with Crippen LogP contribution in [0.15, 0.2) is 0 Å². The second-order valence-electron chi connectivity index (χ2n) is 4.97. The van der Waals surface area contributed by atoms with Gasteiger partial charge in [-0.05, 0) is 38.8 Å². The molecule has 4 heteroatoms. The predicted octanol–water partition coefficient (Wildman–Crippen LogP) is 1.10. The Bertz CT molecular complexity index is 229. The Morgan fingerprint density at radius 2 is 2.12 bits per heavy atom. The summed E-state index contributed by atoms with van der Waals surface area (Å²) in [5.74, 6) is -0.205. The molecule has 0 radical (unpaired) electrons. The van der Waals surface area contributed by atoms with Crippen molar-refractivity contribution in [2.24, 2.45) is 5.73 Å². The van der Waals surface area contributed by atoms with E-state index in [0.717, 1.165) is 26.1 Å². The van der Waals surface area contributed by atoms with Crippen molar-refractivity contribution in [3.63, 3.8) is 0 Å². The number of primary amides is 1. The molecular formula is C13H27N3O. The van der Waals surface area contributed by atoms with Gasteiger partial charge in [-0.1, -0.05) is 20.3 Å². The maximum absolute atomic E-state index is 11.3. The lowest BCUT2D eigenvalue weighted by Crippen LogP contribution is -2.44. The number of nitrogens with one attached hydrogen (secondary N) is 1. The SMILES string of the molecule is CCCCN(CC)CCC(NC1CC1)C(N)=O. The van der Waals surface area contributed by atoms with Crippen molar-refractivity contribution in [3.05, 3.63) is 0 Å². The number of hydrogen-bond acceptors (Lipinski definition) is 3. The topological polar surface area (TPSA) is 58.4 Å². The highest BCUT2D eigenvalue weighted by Crippen LogP contribution is 2.20. The average molecular weight is 241 g/mol. The molecule has 1 fully saturated rings. The van der Waals surface area contributed by atoms with E-state index in [0.29, 0.717) is 6.04 Å². The highest BCUT2D eigenvalue weighted by Gasteiger charge is 2.27. The lowest BCUT2D eigenvalue weighted by Gasteiger charge is -2.23. The van der Waals surface area contributed by atoms with Crippen molar-refractivity contribution >= 4 is 5.91 Å². The molecular weight excluding hydrogens is 214 g/mol. The van der Waals surface area contributed by atoms with E-state index >= 15 is 0 Å². The molecule has 0 saturated heterocycles. The van der Waals surface area contributed by atoms with Crippen LogP contribution >= 0.6 is 0 Å². The fraction of sp³-hybridized carbons (Fsp3) is 0.923. The summed E-state index contributed by atoms with van der Waals surface area (Å²) in [5.41, 5.74) is 5.42. The number of hydrogen-bond donors (Lipinski definition) is 2. The first-order valence-electron chi connectivity index (χ1n) is 6.95. The van der Waals surface area contributed by atoms with Crippen molar-refractivity contribution < 1.29 is 4.79 Å². The number of unbranched alkanes of at least 4 members (excludes halogenated alkanes) is 1. The van der Waals surface area contributed by atoms with Crippen molar-refractivity contribution in [2.75, 3.05) is 19.6 Å². The van der Waals surface area contributed by atoms with E-state index in [1.807, 2.05) is 0 Å². The standard InChI is InChI=1S/C13H27N3O/c1-3-5-9-16(4-2)10-8-12(13(14)17)15-11-6-7-11/h11-12,15H,3-10H2,1-2H3,(H2,14,17). The van der Waals surface area contributed by atoms with Gasteiger partial charge in [-0.3, -0.25) is 4.79 Å². The molecule has 3 N–H and O–H groups in total. The molecule has 4 nitrogen and oxygen atoms in total. The summed E-state index contributed by atoms with van der Waals surface area (Å²) in [7, 11) is 0. The highest BCUT2D eigenvalue weighted by atomic mass is 16.1. The summed E-state index contributed by atoms with van der Waals surface area (Å²) >= 11 is 0. The summed E-state index contributed by atoms with van der Waals surface area (Å²) < 4.78 is 0. The number of nitrogens with zero attached hydrogens (tertiary/aromatic N) is 1. The second kappa shape index (κ2) is 7.67. The van der Waals surface area contributed by atoms with E-state index in [4.69, 9.17) is 5.73 Å². The number of amides is 1. The number of carbonyl (C=O) groups excluding carboxylic acids is 1. The number of rotatable bonds is 10. The van der Waals surface area contributed by atoms with Crippen LogP contribution in [-0.4, -0.2) is 42.5 Å². The fourth-order valence-electron chi connectivity index (χ4n) is 1.96. The Hall–Kier alpha value is -0.610. The molecule has 0 heterocycles. The molecule has 0 spiro atoms. The Balaban J connectivity index is 2.25. The van der Waals surface area contributed by atoms with Gasteiger partial charge in [0.1, 0.15) is 0 Å². The van der Waals surface area contributed by atoms with Gasteiger partial charge in [-0.15, -0.1) is 0 Å². The van der Waals surface area contributed by atoms with Crippen LogP contribution in [-0.2, 0) is 4.79 Å². The fourth-order valence-corrected chi connectivity index (χ4v) is 1.96. The molecule has 0 aromatic carbocycles. The highest BCUT2D eigenvalue weighted by molar-refractivity contribution is 5.79. The van der Waals surface area contributed by atoms with Crippen LogP contribution in [0.1, 0.15) is 46.0 Å². The molecule has 0 bridgehead atoms. The molecule has 1 aliphatic rings. The zero-order valence-electron chi connectivity index (χ0n) is 11.2. The minimum atomic E-state index is -0.205. The predicted molar refractivity (Wildman–Crippen MR) is 70.8 cm³/mol. The lowest BCUT2D eigenvalue weighted by atomic mass is 10.1. The molecule has 17 heavy (non-hydrogen) atoms. The molecule has 1 rings (SSSR count). The molecule has 1 aliphatic carbocycles. The largest absolute Gasteiger partial charge is 0.368 e. The molecule has 1 atom stereocenters. The molecule has 1 saturated carbocycles. The molecule has 0 aromatic rings. The van der Waals surface area contributed by atoms with Crippen LogP contribution < -0.4 is 11.1 Å². The monoisotopic (exact) mass is 241 g/mol. The molecule has 0 aromatic heterocycles. The smallest absolute Gasteiger partial charge is 0.234 e. The van der Waals surface area contributed by atoms with Gasteiger partial charge in [0.2, 0.25) is 5.91 Å². The van der Waals surface area contributed by atoms with Gasteiger partial charge >= 0.3 is 0 Å². The zero-order valence-corrected chi connectivity index (χ0v) is 11.2. The van der Waals surface area contributed by atoms with Gasteiger partial charge in [0.05, 0.1) is 6.04 Å². The average Bonchev–Trinajstić information content (AvgIpc) is 3.11. The molecule has 1 unspecified atom stereocenters. The third kappa shape index (κ3) is 6.03. The third-order valence-corrected chi connectivity index (χ3v) is 3.37. The van der Waals surface area contributed by atoms with Crippen molar-refractivity contribution in [1.82, 2.24) is 10.2 Å². The maximum atomic E-state index is 11.3. The Morgan fingerprint density at radius 3 is 2.59 bits per heavy atom. The van der Waals surface area contributed by atoms with Crippen molar-refractivity contribution in [3.8, 4) is 0 Å². The molecule has 1 amide bonds. The van der Waals surface area contributed by atoms with Gasteiger partial charge in [0, 0.05) is 12.6 Å². The van der Waals surface area contributed by atoms with E-state index in [1.54, 1.807) is 0 Å². The van der Waals surface area contributed by atoms with E-state index < -0.39 is 0 Å². The maximum Gasteiger partial charge on any atom is 0.234 e. The molecule has 100 valence electrons. The summed E-state index contributed by atoms with van der Waals surface area (Å²) in [5, 5.41) is 3.32. The van der Waals surface area contributed by atoms with Gasteiger partial charge in [-0.25, -0.2) is 0 Å². The van der Waals surface area contributed by atoms with Gasteiger partial charge in [-0.2, -0.15) is 0 Å². The zero-order chi connectivity index (χ0) is 12.7. The lowest BCUT2D eigenvalue weighted by molar-refractivity contribution is -0.120. The van der Waals surface area contributed by atoms with Gasteiger partial charge in [0.15, 0.2) is 0 Å². The Morgan fingerprint density at radius 1 is 1.41 bits per heavy atom. The van der Waals surface area contributed by atoms with E-state index in [2.05, 4.69) is 24.1 Å². The van der Waals surface area contributed by atoms with E-state index in [1.165, 1.54) is 25.7 Å². The van der Waals surface area contributed by atoms with Crippen LogP contribution in [0, 0.1) is 0 Å². The van der Waals surface area contributed by atoms with Gasteiger partial charge in [0.25, 0.3) is 0 Å².